The monoisotopic (exact) mass is 274 g/mol. The topological polar surface area (TPSA) is 80.7 Å². The molecule has 1 N–H and O–H groups in total. The maximum absolute atomic E-state index is 12.1. The van der Waals surface area contributed by atoms with Gasteiger partial charge in [0.15, 0.2) is 0 Å². The minimum Gasteiger partial charge on any atom is -0.446 e. The molecule has 0 aliphatic heterocycles. The van der Waals surface area contributed by atoms with E-state index in [1.54, 1.807) is 0 Å². The van der Waals surface area contributed by atoms with Crippen molar-refractivity contribution in [3.63, 3.8) is 0 Å². The van der Waals surface area contributed by atoms with E-state index in [4.69, 9.17) is 9.29 Å². The highest BCUT2D eigenvalue weighted by molar-refractivity contribution is 7.85. The molecular formula is C12H18O5S. The molecule has 0 aromatic carbocycles. The van der Waals surface area contributed by atoms with Crippen LogP contribution in [0.15, 0.2) is 0 Å². The van der Waals surface area contributed by atoms with E-state index in [0.717, 1.165) is 19.3 Å². The summed E-state index contributed by atoms with van der Waals surface area (Å²) < 4.78 is 34.7. The van der Waals surface area contributed by atoms with E-state index in [1.807, 2.05) is 0 Å². The summed E-state index contributed by atoms with van der Waals surface area (Å²) in [4.78, 5) is 12.1. The SMILES string of the molecule is O=C(OCS(=O)(=O)O)C12CC3CC(CC(C3)C1)C2. The van der Waals surface area contributed by atoms with Gasteiger partial charge in [-0.2, -0.15) is 8.42 Å². The van der Waals surface area contributed by atoms with Crippen molar-refractivity contribution >= 4 is 16.1 Å². The second-order valence-electron chi connectivity index (χ2n) is 6.33. The molecule has 5 nitrogen and oxygen atoms in total. The third-order valence-corrected chi connectivity index (χ3v) is 5.23. The molecule has 4 saturated carbocycles. The number of rotatable bonds is 3. The lowest BCUT2D eigenvalue weighted by molar-refractivity contribution is -0.169. The lowest BCUT2D eigenvalue weighted by atomic mass is 9.49. The first-order valence-electron chi connectivity index (χ1n) is 6.49. The molecule has 0 atom stereocenters. The van der Waals surface area contributed by atoms with Crippen molar-refractivity contribution in [1.82, 2.24) is 0 Å². The fraction of sp³-hybridized carbons (Fsp3) is 0.917. The lowest BCUT2D eigenvalue weighted by Crippen LogP contribution is -2.50. The smallest absolute Gasteiger partial charge is 0.313 e. The van der Waals surface area contributed by atoms with E-state index in [2.05, 4.69) is 0 Å². The van der Waals surface area contributed by atoms with Crippen LogP contribution in [0.1, 0.15) is 38.5 Å². The maximum Gasteiger partial charge on any atom is 0.313 e. The van der Waals surface area contributed by atoms with Gasteiger partial charge in [-0.05, 0) is 56.3 Å². The predicted octanol–water partition coefficient (Wildman–Crippen LogP) is 1.59. The minimum absolute atomic E-state index is 0.417. The molecule has 0 spiro atoms. The summed E-state index contributed by atoms with van der Waals surface area (Å²) >= 11 is 0. The molecule has 0 amide bonds. The molecule has 102 valence electrons. The van der Waals surface area contributed by atoms with E-state index in [1.165, 1.54) is 19.3 Å². The van der Waals surface area contributed by atoms with Gasteiger partial charge in [0.05, 0.1) is 5.41 Å². The number of ether oxygens (including phenoxy) is 1. The molecule has 0 radical (unpaired) electrons. The molecule has 4 rings (SSSR count). The Labute approximate surface area is 107 Å². The Morgan fingerprint density at radius 3 is 1.94 bits per heavy atom. The predicted molar refractivity (Wildman–Crippen MR) is 63.1 cm³/mol. The van der Waals surface area contributed by atoms with Crippen molar-refractivity contribution in [2.75, 3.05) is 5.94 Å². The molecule has 0 unspecified atom stereocenters. The van der Waals surface area contributed by atoms with Crippen LogP contribution in [0.25, 0.3) is 0 Å². The van der Waals surface area contributed by atoms with E-state index in [9.17, 15) is 13.2 Å². The Morgan fingerprint density at radius 1 is 1.11 bits per heavy atom. The summed E-state index contributed by atoms with van der Waals surface area (Å²) in [5.41, 5.74) is -0.459. The Bertz CT molecular complexity index is 432. The highest BCUT2D eigenvalue weighted by Crippen LogP contribution is 2.60. The van der Waals surface area contributed by atoms with Crippen molar-refractivity contribution in [1.29, 1.82) is 0 Å². The number of hydrogen-bond acceptors (Lipinski definition) is 4. The average Bonchev–Trinajstić information content (AvgIpc) is 2.22. The maximum atomic E-state index is 12.1. The van der Waals surface area contributed by atoms with E-state index in [-0.39, 0.29) is 0 Å². The van der Waals surface area contributed by atoms with Crippen LogP contribution in [0.2, 0.25) is 0 Å². The largest absolute Gasteiger partial charge is 0.446 e. The van der Waals surface area contributed by atoms with Crippen molar-refractivity contribution in [3.05, 3.63) is 0 Å². The van der Waals surface area contributed by atoms with Crippen molar-refractivity contribution < 1.29 is 22.5 Å². The Morgan fingerprint density at radius 2 is 1.56 bits per heavy atom. The van der Waals surface area contributed by atoms with Crippen LogP contribution >= 0.6 is 0 Å². The zero-order valence-corrected chi connectivity index (χ0v) is 11.0. The lowest BCUT2D eigenvalue weighted by Gasteiger charge is -2.55. The van der Waals surface area contributed by atoms with Crippen LogP contribution in [0.4, 0.5) is 0 Å². The van der Waals surface area contributed by atoms with Crippen LogP contribution < -0.4 is 0 Å². The van der Waals surface area contributed by atoms with Crippen molar-refractivity contribution in [3.8, 4) is 0 Å². The van der Waals surface area contributed by atoms with E-state index in [0.29, 0.717) is 17.8 Å². The van der Waals surface area contributed by atoms with Crippen molar-refractivity contribution in [2.24, 2.45) is 23.2 Å². The number of carbonyl (C=O) groups excluding carboxylic acids is 1. The fourth-order valence-corrected chi connectivity index (χ4v) is 4.90. The first-order chi connectivity index (χ1) is 8.36. The molecule has 4 bridgehead atoms. The number of carbonyl (C=O) groups is 1. The van der Waals surface area contributed by atoms with E-state index < -0.39 is 27.4 Å². The standard InChI is InChI=1S/C12H18O5S/c13-11(17-7-18(14,15)16)12-4-8-1-9(5-12)3-10(2-8)6-12/h8-10H,1-7H2,(H,14,15,16). The zero-order chi connectivity index (χ0) is 13.0. The summed E-state index contributed by atoms with van der Waals surface area (Å²) in [6.45, 7) is 0. The second kappa shape index (κ2) is 3.93. The molecule has 18 heavy (non-hydrogen) atoms. The van der Waals surface area contributed by atoms with Gasteiger partial charge in [-0.25, -0.2) is 0 Å². The molecule has 0 heterocycles. The third kappa shape index (κ3) is 2.16. The van der Waals surface area contributed by atoms with Crippen LogP contribution in [-0.4, -0.2) is 24.9 Å². The van der Waals surface area contributed by atoms with Crippen molar-refractivity contribution in [2.45, 2.75) is 38.5 Å². The molecule has 6 heteroatoms. The van der Waals surface area contributed by atoms with Gasteiger partial charge in [0.1, 0.15) is 0 Å². The Hall–Kier alpha value is -0.620. The molecule has 4 aliphatic carbocycles. The van der Waals surface area contributed by atoms with Crippen LogP contribution in [0, 0.1) is 23.2 Å². The van der Waals surface area contributed by atoms with Crippen LogP contribution in [0.5, 0.6) is 0 Å². The summed E-state index contributed by atoms with van der Waals surface area (Å²) in [6, 6.07) is 0. The van der Waals surface area contributed by atoms with Gasteiger partial charge in [0, 0.05) is 0 Å². The highest BCUT2D eigenvalue weighted by Gasteiger charge is 2.55. The van der Waals surface area contributed by atoms with Gasteiger partial charge in [-0.1, -0.05) is 0 Å². The van der Waals surface area contributed by atoms with Gasteiger partial charge in [0.2, 0.25) is 5.94 Å². The highest BCUT2D eigenvalue weighted by atomic mass is 32.2. The molecular weight excluding hydrogens is 256 g/mol. The summed E-state index contributed by atoms with van der Waals surface area (Å²) in [6.07, 6.45) is 6.15. The molecule has 0 aromatic heterocycles. The summed E-state index contributed by atoms with van der Waals surface area (Å²) in [5, 5.41) is 0. The average molecular weight is 274 g/mol. The first kappa shape index (κ1) is 12.4. The first-order valence-corrected chi connectivity index (χ1v) is 8.10. The van der Waals surface area contributed by atoms with Gasteiger partial charge in [-0.3, -0.25) is 9.35 Å². The van der Waals surface area contributed by atoms with Gasteiger partial charge >= 0.3 is 16.1 Å². The van der Waals surface area contributed by atoms with Gasteiger partial charge in [0.25, 0.3) is 0 Å². The number of hydrogen-bond donors (Lipinski definition) is 1. The summed E-state index contributed by atoms with van der Waals surface area (Å²) in [5.74, 6) is 0.492. The van der Waals surface area contributed by atoms with Gasteiger partial charge in [-0.15, -0.1) is 0 Å². The van der Waals surface area contributed by atoms with Crippen LogP contribution in [0.3, 0.4) is 0 Å². The normalized spacial score (nSPS) is 41.9. The van der Waals surface area contributed by atoms with E-state index >= 15 is 0 Å². The van der Waals surface area contributed by atoms with Crippen LogP contribution in [-0.2, 0) is 19.6 Å². The quantitative estimate of drug-likeness (QED) is 0.624. The minimum atomic E-state index is -4.23. The van der Waals surface area contributed by atoms with Gasteiger partial charge < -0.3 is 4.74 Å². The Balaban J connectivity index is 1.73. The summed E-state index contributed by atoms with van der Waals surface area (Å²) in [7, 11) is -4.23. The molecule has 4 fully saturated rings. The molecule has 0 saturated heterocycles. The fourth-order valence-electron chi connectivity index (χ4n) is 4.64. The molecule has 0 aromatic rings. The second-order valence-corrected chi connectivity index (χ2v) is 7.73. The zero-order valence-electron chi connectivity index (χ0n) is 10.2. The molecule has 4 aliphatic rings. The Kier molecular flexibility index (Phi) is 2.71. The third-order valence-electron chi connectivity index (χ3n) is 4.81. The number of esters is 1.